The van der Waals surface area contributed by atoms with Crippen molar-refractivity contribution in [3.63, 3.8) is 0 Å². The van der Waals surface area contributed by atoms with Gasteiger partial charge < -0.3 is 14.8 Å². The number of pyridine rings is 1. The average Bonchev–Trinajstić information content (AvgIpc) is 3.13. The van der Waals surface area contributed by atoms with Crippen molar-refractivity contribution in [3.8, 4) is 5.75 Å². The lowest BCUT2D eigenvalue weighted by molar-refractivity contribution is -0.126. The number of anilines is 1. The summed E-state index contributed by atoms with van der Waals surface area (Å²) in [6.45, 7) is 6.13. The van der Waals surface area contributed by atoms with Crippen LogP contribution in [0.3, 0.4) is 0 Å². The van der Waals surface area contributed by atoms with Gasteiger partial charge in [0, 0.05) is 17.4 Å². The maximum Gasteiger partial charge on any atom is 0.253 e. The Hall–Kier alpha value is -2.32. The van der Waals surface area contributed by atoms with Crippen LogP contribution in [0.4, 0.5) is 10.1 Å². The van der Waals surface area contributed by atoms with Crippen LogP contribution in [0.1, 0.15) is 32.3 Å². The molecule has 1 aliphatic rings. The zero-order valence-electron chi connectivity index (χ0n) is 17.2. The van der Waals surface area contributed by atoms with E-state index >= 15 is 0 Å². The van der Waals surface area contributed by atoms with E-state index in [1.54, 1.807) is 43.6 Å². The molecule has 1 aromatic carbocycles. The maximum absolute atomic E-state index is 12.8. The standard InChI is InChI=1S/C12H17N3O2S.C9H11FO/c1-8-3-4-10(17-8)12(16)15-9-5-6-14-11(7-9)18(2)13;1-3-11-9-6-4-5-8(10)7(9)2/h5-8,10,13H,3-4H2,1-2H3,(H,14,15,16);4-6H,3H2,1-2H3/t8-,10-,18?;/m1./s1. The first kappa shape index (κ1) is 23.0. The molecular formula is C21H28FN3O3S. The van der Waals surface area contributed by atoms with Crippen LogP contribution >= 0.6 is 0 Å². The largest absolute Gasteiger partial charge is 0.494 e. The predicted octanol–water partition coefficient (Wildman–Crippen LogP) is 4.49. The number of nitrogens with zero attached hydrogens (tertiary/aromatic N) is 1. The van der Waals surface area contributed by atoms with E-state index in [-0.39, 0.29) is 23.9 Å². The van der Waals surface area contributed by atoms with Gasteiger partial charge in [0.2, 0.25) is 0 Å². The van der Waals surface area contributed by atoms with Crippen LogP contribution in [0.2, 0.25) is 0 Å². The molecule has 3 atom stereocenters. The molecule has 0 aliphatic carbocycles. The lowest BCUT2D eigenvalue weighted by Gasteiger charge is -2.12. The van der Waals surface area contributed by atoms with Crippen LogP contribution in [0.5, 0.6) is 5.75 Å². The molecule has 0 spiro atoms. The third-order valence-electron chi connectivity index (χ3n) is 4.36. The molecule has 2 aromatic rings. The molecule has 1 fully saturated rings. The molecule has 0 bridgehead atoms. The Kier molecular flexibility index (Phi) is 8.72. The Balaban J connectivity index is 0.000000234. The van der Waals surface area contributed by atoms with Crippen molar-refractivity contribution in [2.24, 2.45) is 0 Å². The summed E-state index contributed by atoms with van der Waals surface area (Å²) in [7, 11) is -0.655. The van der Waals surface area contributed by atoms with Gasteiger partial charge >= 0.3 is 0 Å². The number of halogens is 1. The van der Waals surface area contributed by atoms with Gasteiger partial charge in [0.15, 0.2) is 0 Å². The maximum atomic E-state index is 12.8. The molecule has 3 rings (SSSR count). The van der Waals surface area contributed by atoms with Crippen LogP contribution in [0, 0.1) is 17.5 Å². The molecule has 0 saturated carbocycles. The molecule has 2 heterocycles. The number of carbonyl (C=O) groups excluding carboxylic acids is 1. The van der Waals surface area contributed by atoms with Crippen LogP contribution in [-0.2, 0) is 20.2 Å². The third kappa shape index (κ3) is 6.90. The monoisotopic (exact) mass is 421 g/mol. The summed E-state index contributed by atoms with van der Waals surface area (Å²) in [5.41, 5.74) is 1.26. The number of rotatable bonds is 5. The second kappa shape index (κ2) is 11.0. The topological polar surface area (TPSA) is 84.3 Å². The first-order valence-electron chi connectivity index (χ1n) is 9.49. The van der Waals surface area contributed by atoms with Crippen molar-refractivity contribution in [1.29, 1.82) is 4.78 Å². The lowest BCUT2D eigenvalue weighted by Crippen LogP contribution is -2.27. The Bertz CT molecular complexity index is 863. The number of aromatic nitrogens is 1. The molecule has 158 valence electrons. The van der Waals surface area contributed by atoms with E-state index in [0.717, 1.165) is 12.8 Å². The molecule has 6 nitrogen and oxygen atoms in total. The normalized spacial score (nSPS) is 19.1. The fourth-order valence-corrected chi connectivity index (χ4v) is 3.30. The zero-order chi connectivity index (χ0) is 21.4. The third-order valence-corrected chi connectivity index (χ3v) is 5.21. The second-order valence-corrected chi connectivity index (χ2v) is 8.13. The Labute approximate surface area is 173 Å². The van der Waals surface area contributed by atoms with Crippen LogP contribution in [-0.4, -0.2) is 36.0 Å². The van der Waals surface area contributed by atoms with E-state index in [4.69, 9.17) is 14.3 Å². The van der Waals surface area contributed by atoms with Gasteiger partial charge in [-0.15, -0.1) is 0 Å². The molecule has 1 unspecified atom stereocenters. The Morgan fingerprint density at radius 2 is 2.17 bits per heavy atom. The summed E-state index contributed by atoms with van der Waals surface area (Å²) in [5, 5.41) is 3.49. The van der Waals surface area contributed by atoms with E-state index in [9.17, 15) is 9.18 Å². The minimum absolute atomic E-state index is 0.113. The van der Waals surface area contributed by atoms with Gasteiger partial charge in [-0.3, -0.25) is 9.57 Å². The predicted molar refractivity (Wildman–Crippen MR) is 113 cm³/mol. The highest BCUT2D eigenvalue weighted by Crippen LogP contribution is 2.21. The molecule has 8 heteroatoms. The van der Waals surface area contributed by atoms with Crippen molar-refractivity contribution in [1.82, 2.24) is 4.98 Å². The molecular weight excluding hydrogens is 393 g/mol. The van der Waals surface area contributed by atoms with E-state index in [0.29, 0.717) is 28.6 Å². The van der Waals surface area contributed by atoms with Crippen LogP contribution in [0.15, 0.2) is 41.6 Å². The SMILES string of the molecule is CCOc1cccc(F)c1C.C[C@@H]1CC[C@H](C(=O)Nc2ccnc(S(C)=N)c2)O1. The average molecular weight is 422 g/mol. The highest BCUT2D eigenvalue weighted by atomic mass is 32.2. The molecule has 2 N–H and O–H groups in total. The van der Waals surface area contributed by atoms with Gasteiger partial charge in [-0.2, -0.15) is 0 Å². The quantitative estimate of drug-likeness (QED) is 0.745. The minimum atomic E-state index is -0.655. The van der Waals surface area contributed by atoms with Crippen molar-refractivity contribution < 1.29 is 18.7 Å². The first-order valence-corrected chi connectivity index (χ1v) is 11.1. The summed E-state index contributed by atoms with van der Waals surface area (Å²) in [4.78, 5) is 16.0. The van der Waals surface area contributed by atoms with Crippen LogP contribution < -0.4 is 10.1 Å². The second-order valence-electron chi connectivity index (χ2n) is 6.69. The lowest BCUT2D eigenvalue weighted by atomic mass is 10.2. The van der Waals surface area contributed by atoms with E-state index in [1.807, 2.05) is 13.8 Å². The number of benzene rings is 1. The van der Waals surface area contributed by atoms with Gasteiger partial charge in [0.25, 0.3) is 5.91 Å². The molecule has 1 aliphatic heterocycles. The van der Waals surface area contributed by atoms with E-state index in [1.165, 1.54) is 6.07 Å². The Morgan fingerprint density at radius 3 is 2.79 bits per heavy atom. The molecule has 1 saturated heterocycles. The van der Waals surface area contributed by atoms with Crippen molar-refractivity contribution in [3.05, 3.63) is 47.9 Å². The van der Waals surface area contributed by atoms with Gasteiger partial charge in [-0.05, 0) is 64.1 Å². The Morgan fingerprint density at radius 1 is 1.41 bits per heavy atom. The van der Waals surface area contributed by atoms with Gasteiger partial charge in [-0.25, -0.2) is 9.37 Å². The molecule has 1 amide bonds. The van der Waals surface area contributed by atoms with E-state index < -0.39 is 10.7 Å². The minimum Gasteiger partial charge on any atom is -0.494 e. The smallest absolute Gasteiger partial charge is 0.253 e. The molecule has 29 heavy (non-hydrogen) atoms. The fourth-order valence-electron chi connectivity index (χ4n) is 2.77. The number of hydrogen-bond acceptors (Lipinski definition) is 5. The summed E-state index contributed by atoms with van der Waals surface area (Å²) in [6.07, 6.45) is 4.87. The fraction of sp³-hybridized carbons (Fsp3) is 0.429. The number of amides is 1. The van der Waals surface area contributed by atoms with Crippen molar-refractivity contribution in [2.75, 3.05) is 18.2 Å². The zero-order valence-corrected chi connectivity index (χ0v) is 18.0. The number of nitrogens with one attached hydrogen (secondary N) is 2. The summed E-state index contributed by atoms with van der Waals surface area (Å²) < 4.78 is 31.1. The highest BCUT2D eigenvalue weighted by Gasteiger charge is 2.28. The van der Waals surface area contributed by atoms with Crippen molar-refractivity contribution in [2.45, 2.75) is 50.8 Å². The van der Waals surface area contributed by atoms with Gasteiger partial charge in [0.05, 0.1) is 12.7 Å². The summed E-state index contributed by atoms with van der Waals surface area (Å²) in [6, 6.07) is 8.31. The van der Waals surface area contributed by atoms with Gasteiger partial charge in [-0.1, -0.05) is 16.8 Å². The highest BCUT2D eigenvalue weighted by molar-refractivity contribution is 7.85. The first-order chi connectivity index (χ1) is 13.8. The van der Waals surface area contributed by atoms with E-state index in [2.05, 4.69) is 10.3 Å². The van der Waals surface area contributed by atoms with Gasteiger partial charge in [0.1, 0.15) is 22.7 Å². The molecule has 1 aromatic heterocycles. The summed E-state index contributed by atoms with van der Waals surface area (Å²) in [5.74, 6) is 0.306. The summed E-state index contributed by atoms with van der Waals surface area (Å²) >= 11 is 0. The number of ether oxygens (including phenoxy) is 2. The number of hydrogen-bond donors (Lipinski definition) is 2. The number of carbonyl (C=O) groups is 1. The van der Waals surface area contributed by atoms with Crippen LogP contribution in [0.25, 0.3) is 0 Å². The van der Waals surface area contributed by atoms with Crippen molar-refractivity contribution >= 4 is 22.3 Å². The molecule has 0 radical (unpaired) electrons.